The number of hydrogen-bond donors (Lipinski definition) is 1. The minimum atomic E-state index is 0.760. The van der Waals surface area contributed by atoms with Crippen molar-refractivity contribution in [2.45, 2.75) is 58.8 Å². The highest BCUT2D eigenvalue weighted by Crippen LogP contribution is 2.36. The standard InChI is InChI=1S/C42H41N3O/c1-3-4-5-6-7-8-25-46-37-20-15-32(16-21-37)42-39-23-17-34(43-39)27-30-11-14-33(26-30)41(31-12-9-29(2)10-13-31)38-22-18-35(44-38)28-36-19-24-40(42)45-36/h9-24,27-28,43H,3-8,25-26H2,1-2H3. The van der Waals surface area contributed by atoms with Crippen molar-refractivity contribution in [1.29, 1.82) is 0 Å². The smallest absolute Gasteiger partial charge is 0.119 e. The quantitative estimate of drug-likeness (QED) is 0.230. The van der Waals surface area contributed by atoms with Gasteiger partial charge in [-0.25, -0.2) is 9.98 Å². The number of aromatic amines is 1. The van der Waals surface area contributed by atoms with Gasteiger partial charge in [0.25, 0.3) is 0 Å². The van der Waals surface area contributed by atoms with E-state index in [9.17, 15) is 0 Å². The van der Waals surface area contributed by atoms with Crippen LogP contribution in [0.25, 0.3) is 17.2 Å². The van der Waals surface area contributed by atoms with Crippen LogP contribution in [-0.2, 0) is 0 Å². The summed E-state index contributed by atoms with van der Waals surface area (Å²) >= 11 is 0. The Hall–Kier alpha value is -4.96. The lowest BCUT2D eigenvalue weighted by Crippen LogP contribution is -2.00. The molecule has 1 N–H and O–H groups in total. The van der Waals surface area contributed by atoms with Crippen LogP contribution in [0.4, 0.5) is 0 Å². The van der Waals surface area contributed by atoms with E-state index in [1.165, 1.54) is 60.0 Å². The summed E-state index contributed by atoms with van der Waals surface area (Å²) in [6, 6.07) is 21.5. The van der Waals surface area contributed by atoms with Gasteiger partial charge in [-0.05, 0) is 103 Å². The number of fused-ring (bicyclic) bond motifs is 6. The summed E-state index contributed by atoms with van der Waals surface area (Å²) in [5, 5.41) is 0. The molecular weight excluding hydrogens is 562 g/mol. The molecule has 4 heteroatoms. The molecule has 4 nitrogen and oxygen atoms in total. The van der Waals surface area contributed by atoms with Crippen molar-refractivity contribution >= 4 is 28.6 Å². The first-order valence-corrected chi connectivity index (χ1v) is 16.7. The Morgan fingerprint density at radius 2 is 1.48 bits per heavy atom. The number of ether oxygens (including phenoxy) is 1. The maximum Gasteiger partial charge on any atom is 0.119 e. The van der Waals surface area contributed by atoms with Crippen molar-refractivity contribution in [3.05, 3.63) is 154 Å². The lowest BCUT2D eigenvalue weighted by molar-refractivity contribution is 0.304. The largest absolute Gasteiger partial charge is 0.494 e. The molecule has 1 aliphatic carbocycles. The maximum atomic E-state index is 6.09. The molecule has 4 heterocycles. The molecule has 0 saturated carbocycles. The van der Waals surface area contributed by atoms with Crippen molar-refractivity contribution in [1.82, 2.24) is 4.98 Å². The summed E-state index contributed by atoms with van der Waals surface area (Å²) in [5.41, 5.74) is 14.2. The average Bonchev–Trinajstić information content (AvgIpc) is 3.89. The molecule has 46 heavy (non-hydrogen) atoms. The number of unbranched alkanes of at least 4 members (excludes halogenated alkanes) is 5. The molecule has 0 saturated heterocycles. The van der Waals surface area contributed by atoms with E-state index in [4.69, 9.17) is 14.7 Å². The summed E-state index contributed by atoms with van der Waals surface area (Å²) in [5.74, 6) is 0.910. The molecule has 0 fully saturated rings. The fourth-order valence-corrected chi connectivity index (χ4v) is 6.45. The third kappa shape index (κ3) is 6.67. The van der Waals surface area contributed by atoms with Gasteiger partial charge >= 0.3 is 0 Å². The van der Waals surface area contributed by atoms with Crippen molar-refractivity contribution in [3.8, 4) is 5.75 Å². The zero-order chi connectivity index (χ0) is 31.3. The summed E-state index contributed by atoms with van der Waals surface area (Å²) in [6.07, 6.45) is 25.6. The fraction of sp³-hybridized carbons (Fsp3) is 0.238. The Labute approximate surface area is 272 Å². The summed E-state index contributed by atoms with van der Waals surface area (Å²) in [4.78, 5) is 13.9. The molecule has 0 atom stereocenters. The first-order valence-electron chi connectivity index (χ1n) is 16.7. The van der Waals surface area contributed by atoms with Gasteiger partial charge in [0.15, 0.2) is 0 Å². The number of aryl methyl sites for hydroxylation is 1. The van der Waals surface area contributed by atoms with E-state index in [-0.39, 0.29) is 0 Å². The Bertz CT molecular complexity index is 1900. The molecule has 0 amide bonds. The van der Waals surface area contributed by atoms with Crippen molar-refractivity contribution in [3.63, 3.8) is 0 Å². The molecule has 3 aliphatic heterocycles. The minimum absolute atomic E-state index is 0.760. The predicted molar refractivity (Wildman–Crippen MR) is 193 cm³/mol. The summed E-state index contributed by atoms with van der Waals surface area (Å²) in [7, 11) is 0. The van der Waals surface area contributed by atoms with Gasteiger partial charge in [0, 0.05) is 22.5 Å². The Morgan fingerprint density at radius 1 is 0.696 bits per heavy atom. The van der Waals surface area contributed by atoms with Crippen LogP contribution in [0, 0.1) is 6.92 Å². The van der Waals surface area contributed by atoms with E-state index in [1.54, 1.807) is 0 Å². The van der Waals surface area contributed by atoms with Gasteiger partial charge in [-0.15, -0.1) is 0 Å². The number of nitrogens with zero attached hydrogens (tertiary/aromatic N) is 2. The topological polar surface area (TPSA) is 49.7 Å². The fourth-order valence-electron chi connectivity index (χ4n) is 6.45. The van der Waals surface area contributed by atoms with Crippen molar-refractivity contribution in [2.24, 2.45) is 9.98 Å². The molecule has 4 aliphatic rings. The number of aromatic nitrogens is 1. The number of allylic oxidation sites excluding steroid dienone is 10. The van der Waals surface area contributed by atoms with E-state index in [0.29, 0.717) is 0 Å². The second kappa shape index (κ2) is 13.6. The van der Waals surface area contributed by atoms with Crippen LogP contribution < -0.4 is 4.74 Å². The maximum absolute atomic E-state index is 6.09. The van der Waals surface area contributed by atoms with E-state index in [1.807, 2.05) is 0 Å². The average molecular weight is 604 g/mol. The summed E-state index contributed by atoms with van der Waals surface area (Å²) < 4.78 is 6.09. The zero-order valence-electron chi connectivity index (χ0n) is 26.9. The van der Waals surface area contributed by atoms with Gasteiger partial charge in [-0.2, -0.15) is 0 Å². The lowest BCUT2D eigenvalue weighted by atomic mass is 9.94. The molecule has 8 bridgehead atoms. The van der Waals surface area contributed by atoms with E-state index >= 15 is 0 Å². The second-order valence-electron chi connectivity index (χ2n) is 12.5. The van der Waals surface area contributed by atoms with Crippen molar-refractivity contribution in [2.75, 3.05) is 6.61 Å². The van der Waals surface area contributed by atoms with Gasteiger partial charge in [0.05, 0.1) is 29.4 Å². The van der Waals surface area contributed by atoms with E-state index < -0.39 is 0 Å². The monoisotopic (exact) mass is 603 g/mol. The highest BCUT2D eigenvalue weighted by atomic mass is 16.5. The minimum Gasteiger partial charge on any atom is -0.494 e. The second-order valence-corrected chi connectivity index (χ2v) is 12.5. The summed E-state index contributed by atoms with van der Waals surface area (Å²) in [6.45, 7) is 5.14. The van der Waals surface area contributed by atoms with Crippen LogP contribution in [0.1, 0.15) is 79.9 Å². The molecule has 0 radical (unpaired) electrons. The van der Waals surface area contributed by atoms with E-state index in [2.05, 4.69) is 128 Å². The number of hydrogen-bond acceptors (Lipinski definition) is 3. The molecule has 1 aromatic heterocycles. The van der Waals surface area contributed by atoms with Crippen LogP contribution in [0.5, 0.6) is 5.75 Å². The number of aliphatic imine (C=N–C) groups is 2. The predicted octanol–water partition coefficient (Wildman–Crippen LogP) is 10.5. The molecule has 3 aromatic rings. The number of nitrogens with one attached hydrogen (secondary N) is 1. The van der Waals surface area contributed by atoms with Gasteiger partial charge in [0.1, 0.15) is 5.75 Å². The SMILES string of the molecule is CCCCCCCCOc1ccc(C2=C3C=CC(=N3)C=C3C=CC(=N3)C(c3ccc(C)cc3)=C3C=CC(=Cc4ccc2[nH]4)C3)cc1. The number of rotatable bonds is 10. The van der Waals surface area contributed by atoms with Gasteiger partial charge in [0.2, 0.25) is 0 Å². The number of H-pyrrole nitrogens is 1. The van der Waals surface area contributed by atoms with Crippen LogP contribution >= 0.6 is 0 Å². The third-order valence-electron chi connectivity index (χ3n) is 8.91. The molecule has 2 aromatic carbocycles. The van der Waals surface area contributed by atoms with E-state index in [0.717, 1.165) is 70.5 Å². The van der Waals surface area contributed by atoms with Gasteiger partial charge in [-0.3, -0.25) is 0 Å². The van der Waals surface area contributed by atoms with Crippen LogP contribution in [0.3, 0.4) is 0 Å². The third-order valence-corrected chi connectivity index (χ3v) is 8.91. The molecule has 7 rings (SSSR count). The Kier molecular flexibility index (Phi) is 8.78. The van der Waals surface area contributed by atoms with Crippen molar-refractivity contribution < 1.29 is 4.74 Å². The molecule has 0 spiro atoms. The Morgan fingerprint density at radius 3 is 2.33 bits per heavy atom. The lowest BCUT2D eigenvalue weighted by Gasteiger charge is -2.11. The van der Waals surface area contributed by atoms with Crippen LogP contribution in [0.15, 0.2) is 136 Å². The normalized spacial score (nSPS) is 16.7. The molecular formula is C42H41N3O. The first-order chi connectivity index (χ1) is 22.6. The zero-order valence-corrected chi connectivity index (χ0v) is 26.9. The Balaban J connectivity index is 1.21. The van der Waals surface area contributed by atoms with Crippen LogP contribution in [-0.4, -0.2) is 23.0 Å². The first kappa shape index (κ1) is 29.7. The highest BCUT2D eigenvalue weighted by Gasteiger charge is 2.21. The molecule has 230 valence electrons. The number of benzene rings is 2. The van der Waals surface area contributed by atoms with Gasteiger partial charge < -0.3 is 9.72 Å². The highest BCUT2D eigenvalue weighted by molar-refractivity contribution is 6.32. The molecule has 0 unspecified atom stereocenters. The van der Waals surface area contributed by atoms with Gasteiger partial charge in [-0.1, -0.05) is 93.1 Å². The van der Waals surface area contributed by atoms with Crippen LogP contribution in [0.2, 0.25) is 0 Å².